The Morgan fingerprint density at radius 3 is 2.86 bits per heavy atom. The molecule has 3 rings (SSSR count). The van der Waals surface area contributed by atoms with Crippen LogP contribution >= 0.6 is 11.6 Å². The van der Waals surface area contributed by atoms with Crippen LogP contribution in [0, 0.1) is 0 Å². The van der Waals surface area contributed by atoms with Crippen LogP contribution in [0.1, 0.15) is 26.3 Å². The molecular weight excluding hydrogens is 288 g/mol. The highest BCUT2D eigenvalue weighted by Gasteiger charge is 2.17. The first-order valence-corrected chi connectivity index (χ1v) is 6.99. The van der Waals surface area contributed by atoms with Crippen molar-refractivity contribution in [2.45, 2.75) is 6.42 Å². The van der Waals surface area contributed by atoms with Crippen LogP contribution in [0.3, 0.4) is 0 Å². The molecule has 1 heterocycles. The van der Waals surface area contributed by atoms with Crippen molar-refractivity contribution in [3.8, 4) is 0 Å². The summed E-state index contributed by atoms with van der Waals surface area (Å²) in [5.41, 5.74) is 2.69. The smallest absolute Gasteiger partial charge is 0.255 e. The third-order valence-electron chi connectivity index (χ3n) is 3.38. The lowest BCUT2D eigenvalue weighted by atomic mass is 10.00. The molecule has 0 aliphatic carbocycles. The summed E-state index contributed by atoms with van der Waals surface area (Å²) in [7, 11) is 0. The van der Waals surface area contributed by atoms with E-state index in [9.17, 15) is 9.59 Å². The van der Waals surface area contributed by atoms with E-state index >= 15 is 0 Å². The molecule has 5 heteroatoms. The lowest BCUT2D eigenvalue weighted by Crippen LogP contribution is -2.31. The molecule has 106 valence electrons. The summed E-state index contributed by atoms with van der Waals surface area (Å²) in [5, 5.41) is 6.07. The molecule has 0 unspecified atom stereocenters. The van der Waals surface area contributed by atoms with Gasteiger partial charge in [-0.25, -0.2) is 0 Å². The Morgan fingerprint density at radius 2 is 2.05 bits per heavy atom. The van der Waals surface area contributed by atoms with Gasteiger partial charge < -0.3 is 10.6 Å². The van der Waals surface area contributed by atoms with Crippen molar-refractivity contribution in [3.63, 3.8) is 0 Å². The maximum atomic E-state index is 12.1. The number of anilines is 1. The van der Waals surface area contributed by atoms with Crippen LogP contribution in [0.2, 0.25) is 5.02 Å². The highest BCUT2D eigenvalue weighted by molar-refractivity contribution is 6.31. The first-order valence-electron chi connectivity index (χ1n) is 6.61. The summed E-state index contributed by atoms with van der Waals surface area (Å²) < 4.78 is 0. The van der Waals surface area contributed by atoms with Crippen molar-refractivity contribution in [2.75, 3.05) is 11.9 Å². The van der Waals surface area contributed by atoms with Crippen LogP contribution in [-0.4, -0.2) is 18.4 Å². The molecule has 4 nitrogen and oxygen atoms in total. The van der Waals surface area contributed by atoms with Gasteiger partial charge in [0.15, 0.2) is 0 Å². The third-order valence-corrected chi connectivity index (χ3v) is 3.61. The van der Waals surface area contributed by atoms with Gasteiger partial charge in [-0.2, -0.15) is 0 Å². The standard InChI is InChI=1S/C16H13ClN2O2/c17-12-3-1-2-11(8-12)15(20)19-13-5-4-10-6-7-18-16(21)14(10)9-13/h1-5,8-9H,6-7H2,(H,18,21)(H,19,20). The Hall–Kier alpha value is -2.33. The fourth-order valence-electron chi connectivity index (χ4n) is 2.32. The maximum absolute atomic E-state index is 12.1. The molecule has 2 amide bonds. The average molecular weight is 301 g/mol. The van der Waals surface area contributed by atoms with Gasteiger partial charge in [-0.05, 0) is 42.3 Å². The highest BCUT2D eigenvalue weighted by Crippen LogP contribution is 2.20. The van der Waals surface area contributed by atoms with Crippen LogP contribution < -0.4 is 10.6 Å². The number of benzene rings is 2. The van der Waals surface area contributed by atoms with Crippen molar-refractivity contribution in [1.82, 2.24) is 5.32 Å². The van der Waals surface area contributed by atoms with Gasteiger partial charge in [-0.3, -0.25) is 9.59 Å². The number of rotatable bonds is 2. The van der Waals surface area contributed by atoms with Crippen molar-refractivity contribution in [2.24, 2.45) is 0 Å². The molecule has 2 aromatic carbocycles. The summed E-state index contributed by atoms with van der Waals surface area (Å²) in [6, 6.07) is 12.1. The number of fused-ring (bicyclic) bond motifs is 1. The Morgan fingerprint density at radius 1 is 1.19 bits per heavy atom. The van der Waals surface area contributed by atoms with Crippen LogP contribution in [0.15, 0.2) is 42.5 Å². The highest BCUT2D eigenvalue weighted by atomic mass is 35.5. The number of nitrogens with one attached hydrogen (secondary N) is 2. The summed E-state index contributed by atoms with van der Waals surface area (Å²) >= 11 is 5.87. The predicted octanol–water partition coefficient (Wildman–Crippen LogP) is 2.88. The monoisotopic (exact) mass is 300 g/mol. The van der Waals surface area contributed by atoms with Crippen molar-refractivity contribution in [3.05, 3.63) is 64.2 Å². The Labute approximate surface area is 127 Å². The molecule has 21 heavy (non-hydrogen) atoms. The van der Waals surface area contributed by atoms with Gasteiger partial charge in [0.1, 0.15) is 0 Å². The lowest BCUT2D eigenvalue weighted by molar-refractivity contribution is 0.0944. The molecule has 2 N–H and O–H groups in total. The maximum Gasteiger partial charge on any atom is 0.255 e. The Balaban J connectivity index is 1.84. The largest absolute Gasteiger partial charge is 0.352 e. The van der Waals surface area contributed by atoms with Gasteiger partial charge in [0.2, 0.25) is 0 Å². The van der Waals surface area contributed by atoms with Crippen molar-refractivity contribution >= 4 is 29.1 Å². The molecule has 0 saturated carbocycles. The first-order chi connectivity index (χ1) is 10.1. The quantitative estimate of drug-likeness (QED) is 0.896. The number of hydrogen-bond donors (Lipinski definition) is 2. The summed E-state index contributed by atoms with van der Waals surface area (Å²) in [6.45, 7) is 0.653. The van der Waals surface area contributed by atoms with Gasteiger partial charge in [-0.15, -0.1) is 0 Å². The van der Waals surface area contributed by atoms with Crippen LogP contribution in [0.4, 0.5) is 5.69 Å². The van der Waals surface area contributed by atoms with E-state index in [0.717, 1.165) is 12.0 Å². The minimum absolute atomic E-state index is 0.102. The van der Waals surface area contributed by atoms with E-state index in [4.69, 9.17) is 11.6 Å². The molecule has 0 spiro atoms. The summed E-state index contributed by atoms with van der Waals surface area (Å²) in [5.74, 6) is -0.358. The average Bonchev–Trinajstić information content (AvgIpc) is 2.48. The van der Waals surface area contributed by atoms with E-state index in [0.29, 0.717) is 28.4 Å². The van der Waals surface area contributed by atoms with E-state index in [1.165, 1.54) is 0 Å². The molecule has 0 saturated heterocycles. The number of amides is 2. The zero-order chi connectivity index (χ0) is 14.8. The van der Waals surface area contributed by atoms with Crippen LogP contribution in [0.25, 0.3) is 0 Å². The van der Waals surface area contributed by atoms with Gasteiger partial charge >= 0.3 is 0 Å². The number of hydrogen-bond acceptors (Lipinski definition) is 2. The zero-order valence-corrected chi connectivity index (χ0v) is 11.9. The SMILES string of the molecule is O=C(Nc1ccc2c(c1)C(=O)NCC2)c1cccc(Cl)c1. The first kappa shape index (κ1) is 13.6. The molecule has 0 radical (unpaired) electrons. The second-order valence-corrected chi connectivity index (χ2v) is 5.28. The van der Waals surface area contributed by atoms with Crippen molar-refractivity contribution in [1.29, 1.82) is 0 Å². The lowest BCUT2D eigenvalue weighted by Gasteiger charge is -2.17. The second-order valence-electron chi connectivity index (χ2n) is 4.84. The topological polar surface area (TPSA) is 58.2 Å². The molecule has 1 aliphatic heterocycles. The molecule has 0 fully saturated rings. The predicted molar refractivity (Wildman–Crippen MR) is 81.9 cm³/mol. The molecular formula is C16H13ClN2O2. The minimum atomic E-state index is -0.256. The number of halogens is 1. The van der Waals surface area contributed by atoms with E-state index < -0.39 is 0 Å². The summed E-state index contributed by atoms with van der Waals surface area (Å²) in [4.78, 5) is 23.9. The fraction of sp³-hybridized carbons (Fsp3) is 0.125. The summed E-state index contributed by atoms with van der Waals surface area (Å²) in [6.07, 6.45) is 0.809. The van der Waals surface area contributed by atoms with Gasteiger partial charge in [-0.1, -0.05) is 23.7 Å². The molecule has 0 atom stereocenters. The number of carbonyl (C=O) groups excluding carboxylic acids is 2. The van der Waals surface area contributed by atoms with Crippen LogP contribution in [-0.2, 0) is 6.42 Å². The van der Waals surface area contributed by atoms with E-state index in [1.807, 2.05) is 6.07 Å². The Kier molecular flexibility index (Phi) is 3.62. The van der Waals surface area contributed by atoms with Crippen LogP contribution in [0.5, 0.6) is 0 Å². The molecule has 0 aromatic heterocycles. The third kappa shape index (κ3) is 2.90. The van der Waals surface area contributed by atoms with E-state index in [2.05, 4.69) is 10.6 Å². The molecule has 0 bridgehead atoms. The zero-order valence-electron chi connectivity index (χ0n) is 11.2. The molecule has 2 aromatic rings. The van der Waals surface area contributed by atoms with Gasteiger partial charge in [0.05, 0.1) is 0 Å². The number of carbonyl (C=O) groups is 2. The fourth-order valence-corrected chi connectivity index (χ4v) is 2.51. The van der Waals surface area contributed by atoms with E-state index in [1.54, 1.807) is 36.4 Å². The van der Waals surface area contributed by atoms with Crippen molar-refractivity contribution < 1.29 is 9.59 Å². The van der Waals surface area contributed by atoms with Gasteiger partial charge in [0.25, 0.3) is 11.8 Å². The Bertz CT molecular complexity index is 728. The normalized spacial score (nSPS) is 13.3. The minimum Gasteiger partial charge on any atom is -0.352 e. The van der Waals surface area contributed by atoms with Gasteiger partial charge in [0, 0.05) is 28.4 Å². The molecule has 1 aliphatic rings. The van der Waals surface area contributed by atoms with E-state index in [-0.39, 0.29) is 11.8 Å². The second kappa shape index (κ2) is 5.58.